The molecule has 3 aromatic rings. The Hall–Kier alpha value is -2.60. The largest absolute Gasteiger partial charge is 0.310 e. The highest BCUT2D eigenvalue weighted by Gasteiger charge is 2.19. The smallest absolute Gasteiger partial charge is 0.164 e. The van der Waals surface area contributed by atoms with Gasteiger partial charge in [0.15, 0.2) is 17.5 Å². The molecule has 0 bridgehead atoms. The van der Waals surface area contributed by atoms with Crippen LogP contribution in [0.1, 0.15) is 11.4 Å². The Bertz CT molecular complexity index is 876. The number of hydrogen-bond donors (Lipinski definition) is 0. The summed E-state index contributed by atoms with van der Waals surface area (Å²) >= 11 is 0. The lowest BCUT2D eigenvalue weighted by molar-refractivity contribution is 0.271. The van der Waals surface area contributed by atoms with Gasteiger partial charge in [0.2, 0.25) is 0 Å². The van der Waals surface area contributed by atoms with Crippen LogP contribution in [0.15, 0.2) is 48.5 Å². The van der Waals surface area contributed by atoms with E-state index in [1.807, 2.05) is 30.3 Å². The maximum absolute atomic E-state index is 13.4. The van der Waals surface area contributed by atoms with Gasteiger partial charge < -0.3 is 4.57 Å². The molecule has 0 amide bonds. The first-order valence-electron chi connectivity index (χ1n) is 8.34. The van der Waals surface area contributed by atoms with Gasteiger partial charge in [-0.25, -0.2) is 8.78 Å². The fourth-order valence-electron chi connectivity index (χ4n) is 3.22. The minimum Gasteiger partial charge on any atom is -0.310 e. The minimum absolute atomic E-state index is 0.593. The molecule has 6 heteroatoms. The van der Waals surface area contributed by atoms with Gasteiger partial charge in [0.1, 0.15) is 5.82 Å². The summed E-state index contributed by atoms with van der Waals surface area (Å²) in [5.74, 6) is 0.242. The summed E-state index contributed by atoms with van der Waals surface area (Å²) in [6.45, 7) is 2.99. The molecule has 0 aliphatic carbocycles. The van der Waals surface area contributed by atoms with E-state index in [1.165, 1.54) is 12.1 Å². The van der Waals surface area contributed by atoms with Gasteiger partial charge in [-0.15, -0.1) is 10.2 Å². The van der Waals surface area contributed by atoms with E-state index in [2.05, 4.69) is 19.7 Å². The molecule has 4 nitrogen and oxygen atoms in total. The first-order valence-corrected chi connectivity index (χ1v) is 8.34. The van der Waals surface area contributed by atoms with Gasteiger partial charge in [-0.2, -0.15) is 0 Å². The van der Waals surface area contributed by atoms with Crippen molar-refractivity contribution in [2.24, 2.45) is 0 Å². The quantitative estimate of drug-likeness (QED) is 0.734. The standard InChI is InChI=1S/C19H18F2N4/c20-16-7-6-14(12-17(16)21)13-24-9-8-18-22-23-19(25(18)11-10-24)15-4-2-1-3-5-15/h1-7,12H,8-11,13H2. The van der Waals surface area contributed by atoms with Crippen LogP contribution in [0.5, 0.6) is 0 Å². The average molecular weight is 340 g/mol. The lowest BCUT2D eigenvalue weighted by Gasteiger charge is -2.19. The van der Waals surface area contributed by atoms with Crippen molar-refractivity contribution in [1.82, 2.24) is 19.7 Å². The van der Waals surface area contributed by atoms with Gasteiger partial charge in [-0.1, -0.05) is 36.4 Å². The highest BCUT2D eigenvalue weighted by atomic mass is 19.2. The molecule has 0 fully saturated rings. The van der Waals surface area contributed by atoms with Gasteiger partial charge in [0.25, 0.3) is 0 Å². The zero-order valence-electron chi connectivity index (χ0n) is 13.7. The second-order valence-electron chi connectivity index (χ2n) is 6.23. The number of aromatic nitrogens is 3. The summed E-state index contributed by atoms with van der Waals surface area (Å²) in [5, 5.41) is 8.68. The third kappa shape index (κ3) is 3.30. The van der Waals surface area contributed by atoms with Crippen LogP contribution in [0, 0.1) is 11.6 Å². The predicted octanol–water partition coefficient (Wildman–Crippen LogP) is 3.28. The van der Waals surface area contributed by atoms with Crippen molar-refractivity contribution < 1.29 is 8.78 Å². The van der Waals surface area contributed by atoms with Crippen LogP contribution in [0.4, 0.5) is 8.78 Å². The second-order valence-corrected chi connectivity index (χ2v) is 6.23. The highest BCUT2D eigenvalue weighted by Crippen LogP contribution is 2.21. The van der Waals surface area contributed by atoms with Crippen molar-refractivity contribution in [3.8, 4) is 11.4 Å². The first kappa shape index (κ1) is 15.9. The molecular formula is C19H18F2N4. The zero-order valence-corrected chi connectivity index (χ0v) is 13.7. The molecule has 0 radical (unpaired) electrons. The van der Waals surface area contributed by atoms with E-state index in [4.69, 9.17) is 0 Å². The number of fused-ring (bicyclic) bond motifs is 1. The van der Waals surface area contributed by atoms with Crippen LogP contribution in [0.3, 0.4) is 0 Å². The van der Waals surface area contributed by atoms with Gasteiger partial charge >= 0.3 is 0 Å². The maximum atomic E-state index is 13.4. The van der Waals surface area contributed by atoms with E-state index in [0.717, 1.165) is 48.8 Å². The van der Waals surface area contributed by atoms with E-state index in [-0.39, 0.29) is 0 Å². The summed E-state index contributed by atoms with van der Waals surface area (Å²) in [5.41, 5.74) is 1.83. The molecule has 1 aromatic heterocycles. The van der Waals surface area contributed by atoms with Crippen LogP contribution in [-0.2, 0) is 19.5 Å². The van der Waals surface area contributed by atoms with Crippen LogP contribution >= 0.6 is 0 Å². The molecule has 25 heavy (non-hydrogen) atoms. The van der Waals surface area contributed by atoms with E-state index >= 15 is 0 Å². The summed E-state index contributed by atoms with van der Waals surface area (Å²) in [4.78, 5) is 2.23. The third-order valence-corrected chi connectivity index (χ3v) is 4.54. The summed E-state index contributed by atoms with van der Waals surface area (Å²) in [6, 6.07) is 14.1. The Morgan fingerprint density at radius 1 is 0.880 bits per heavy atom. The Balaban J connectivity index is 1.50. The molecule has 1 aliphatic heterocycles. The van der Waals surface area contributed by atoms with Crippen LogP contribution in [0.2, 0.25) is 0 Å². The number of halogens is 2. The van der Waals surface area contributed by atoms with Crippen molar-refractivity contribution in [3.63, 3.8) is 0 Å². The molecule has 4 rings (SSSR count). The Labute approximate surface area is 144 Å². The van der Waals surface area contributed by atoms with Crippen molar-refractivity contribution in [2.75, 3.05) is 13.1 Å². The number of rotatable bonds is 3. The summed E-state index contributed by atoms with van der Waals surface area (Å²) < 4.78 is 28.6. The van der Waals surface area contributed by atoms with E-state index in [1.54, 1.807) is 6.07 Å². The third-order valence-electron chi connectivity index (χ3n) is 4.54. The second kappa shape index (κ2) is 6.72. The Morgan fingerprint density at radius 2 is 1.72 bits per heavy atom. The van der Waals surface area contributed by atoms with Gasteiger partial charge in [0.05, 0.1) is 0 Å². The highest BCUT2D eigenvalue weighted by molar-refractivity contribution is 5.55. The monoisotopic (exact) mass is 340 g/mol. The minimum atomic E-state index is -0.807. The molecule has 1 aliphatic rings. The molecule has 0 unspecified atom stereocenters. The summed E-state index contributed by atoms with van der Waals surface area (Å²) in [6.07, 6.45) is 0.781. The number of hydrogen-bond acceptors (Lipinski definition) is 3. The maximum Gasteiger partial charge on any atom is 0.164 e. The van der Waals surface area contributed by atoms with Crippen molar-refractivity contribution in [2.45, 2.75) is 19.5 Å². The molecule has 0 N–H and O–H groups in total. The normalized spacial score (nSPS) is 15.0. The van der Waals surface area contributed by atoms with Crippen molar-refractivity contribution in [1.29, 1.82) is 0 Å². The lowest BCUT2D eigenvalue weighted by atomic mass is 10.2. The van der Waals surface area contributed by atoms with Gasteiger partial charge in [-0.3, -0.25) is 4.90 Å². The molecule has 0 saturated heterocycles. The first-order chi connectivity index (χ1) is 12.2. The molecule has 2 aromatic carbocycles. The molecule has 0 saturated carbocycles. The van der Waals surface area contributed by atoms with E-state index in [0.29, 0.717) is 6.54 Å². The van der Waals surface area contributed by atoms with Gasteiger partial charge in [0, 0.05) is 38.2 Å². The molecule has 0 atom stereocenters. The SMILES string of the molecule is Fc1ccc(CN2CCc3nnc(-c4ccccc4)n3CC2)cc1F. The van der Waals surface area contributed by atoms with Crippen molar-refractivity contribution in [3.05, 3.63) is 71.6 Å². The topological polar surface area (TPSA) is 34.0 Å². The lowest BCUT2D eigenvalue weighted by Crippen LogP contribution is -2.26. The predicted molar refractivity (Wildman–Crippen MR) is 90.8 cm³/mol. The van der Waals surface area contributed by atoms with Crippen LogP contribution in [-0.4, -0.2) is 32.8 Å². The molecular weight excluding hydrogens is 322 g/mol. The fourth-order valence-corrected chi connectivity index (χ4v) is 3.22. The Kier molecular flexibility index (Phi) is 4.28. The zero-order chi connectivity index (χ0) is 17.2. The molecule has 128 valence electrons. The Morgan fingerprint density at radius 3 is 2.52 bits per heavy atom. The van der Waals surface area contributed by atoms with Crippen LogP contribution < -0.4 is 0 Å². The summed E-state index contributed by atoms with van der Waals surface area (Å²) in [7, 11) is 0. The van der Waals surface area contributed by atoms with Crippen molar-refractivity contribution >= 4 is 0 Å². The number of benzene rings is 2. The van der Waals surface area contributed by atoms with Gasteiger partial charge in [-0.05, 0) is 17.7 Å². The molecule has 0 spiro atoms. The van der Waals surface area contributed by atoms with E-state index in [9.17, 15) is 8.78 Å². The fraction of sp³-hybridized carbons (Fsp3) is 0.263. The van der Waals surface area contributed by atoms with Crippen LogP contribution in [0.25, 0.3) is 11.4 Å². The number of nitrogens with zero attached hydrogens (tertiary/aromatic N) is 4. The average Bonchev–Trinajstić information content (AvgIpc) is 2.94. The van der Waals surface area contributed by atoms with E-state index < -0.39 is 11.6 Å². The molecule has 2 heterocycles.